The Morgan fingerprint density at radius 2 is 1.83 bits per heavy atom. The third-order valence-electron chi connectivity index (χ3n) is 6.71. The van der Waals surface area contributed by atoms with E-state index in [2.05, 4.69) is 4.99 Å². The summed E-state index contributed by atoms with van der Waals surface area (Å²) < 4.78 is 13.4. The second-order valence-corrected chi connectivity index (χ2v) is 11.2. The Morgan fingerprint density at radius 3 is 2.49 bits per heavy atom. The van der Waals surface area contributed by atoms with Crippen molar-refractivity contribution in [2.24, 2.45) is 4.99 Å². The van der Waals surface area contributed by atoms with Crippen molar-refractivity contribution in [1.82, 2.24) is 4.57 Å². The van der Waals surface area contributed by atoms with Crippen LogP contribution < -0.4 is 24.5 Å². The van der Waals surface area contributed by atoms with Crippen LogP contribution in [-0.2, 0) is 16.1 Å². The molecule has 0 bridgehead atoms. The minimum absolute atomic E-state index is 0.217. The van der Waals surface area contributed by atoms with Gasteiger partial charge in [-0.1, -0.05) is 59.3 Å². The summed E-state index contributed by atoms with van der Waals surface area (Å²) >= 11 is 7.36. The Morgan fingerprint density at radius 1 is 1.10 bits per heavy atom. The van der Waals surface area contributed by atoms with Crippen LogP contribution in [0.25, 0.3) is 6.08 Å². The first-order valence-electron chi connectivity index (χ1n) is 13.2. The fraction of sp³-hybridized carbons (Fsp3) is 0.219. The Kier molecular flexibility index (Phi) is 8.42. The summed E-state index contributed by atoms with van der Waals surface area (Å²) in [6.45, 7) is 4.17. The lowest BCUT2D eigenvalue weighted by Crippen LogP contribution is -2.39. The fourth-order valence-corrected chi connectivity index (χ4v) is 5.93. The molecule has 0 saturated heterocycles. The highest BCUT2D eigenvalue weighted by Crippen LogP contribution is 2.31. The summed E-state index contributed by atoms with van der Waals surface area (Å²) in [6, 6.07) is 22.3. The lowest BCUT2D eigenvalue weighted by molar-refractivity contribution is -0.139. The largest absolute Gasteiger partial charge is 0.489 e. The van der Waals surface area contributed by atoms with E-state index in [0.29, 0.717) is 38.0 Å². The van der Waals surface area contributed by atoms with E-state index < -0.39 is 12.0 Å². The normalized spacial score (nSPS) is 14.9. The number of carbonyl (C=O) groups excluding carboxylic acids is 1. The van der Waals surface area contributed by atoms with Crippen molar-refractivity contribution >= 4 is 40.7 Å². The molecule has 2 heterocycles. The highest BCUT2D eigenvalue weighted by atomic mass is 35.5. The number of ether oxygens (including phenoxy) is 2. The molecule has 0 fully saturated rings. The number of rotatable bonds is 8. The van der Waals surface area contributed by atoms with E-state index in [4.69, 9.17) is 21.1 Å². The summed E-state index contributed by atoms with van der Waals surface area (Å²) in [6.07, 6.45) is 1.83. The molecule has 0 radical (unpaired) electrons. The average molecular weight is 588 g/mol. The topological polar surface area (TPSA) is 73.1 Å². The number of carbonyl (C=O) groups is 1. The maximum Gasteiger partial charge on any atom is 0.338 e. The van der Waals surface area contributed by atoms with E-state index in [1.54, 1.807) is 18.4 Å². The molecule has 7 nitrogen and oxygen atoms in total. The molecule has 41 heavy (non-hydrogen) atoms. The van der Waals surface area contributed by atoms with Gasteiger partial charge in [0.25, 0.3) is 5.56 Å². The predicted molar refractivity (Wildman–Crippen MR) is 163 cm³/mol. The Balaban J connectivity index is 1.50. The molecule has 0 aliphatic carbocycles. The number of nitrogens with zero attached hydrogens (tertiary/aromatic N) is 3. The second-order valence-electron chi connectivity index (χ2n) is 9.78. The van der Waals surface area contributed by atoms with Crippen molar-refractivity contribution in [3.8, 4) is 5.75 Å². The van der Waals surface area contributed by atoms with E-state index in [0.717, 1.165) is 22.4 Å². The van der Waals surface area contributed by atoms with Gasteiger partial charge in [-0.15, -0.1) is 0 Å². The van der Waals surface area contributed by atoms with E-state index in [9.17, 15) is 9.59 Å². The van der Waals surface area contributed by atoms with Gasteiger partial charge < -0.3 is 14.4 Å². The first-order chi connectivity index (χ1) is 19.7. The molecule has 5 rings (SSSR count). The number of benzene rings is 3. The Labute approximate surface area is 247 Å². The average Bonchev–Trinajstić information content (AvgIpc) is 3.26. The maximum atomic E-state index is 13.8. The predicted octanol–water partition coefficient (Wildman–Crippen LogP) is 5.10. The summed E-state index contributed by atoms with van der Waals surface area (Å²) in [4.78, 5) is 34.1. The first kappa shape index (κ1) is 28.4. The quantitative estimate of drug-likeness (QED) is 0.268. The molecule has 1 aromatic heterocycles. The number of allylic oxidation sites excluding steroid dienone is 1. The minimum Gasteiger partial charge on any atom is -0.489 e. The molecule has 0 spiro atoms. The number of hydrogen-bond acceptors (Lipinski definition) is 7. The second kappa shape index (κ2) is 12.2. The van der Waals surface area contributed by atoms with Crippen LogP contribution in [0.3, 0.4) is 0 Å². The molecule has 3 aromatic carbocycles. The van der Waals surface area contributed by atoms with Crippen LogP contribution >= 0.6 is 22.9 Å². The van der Waals surface area contributed by atoms with Gasteiger partial charge in [0.1, 0.15) is 12.4 Å². The van der Waals surface area contributed by atoms with Crippen LogP contribution in [0, 0.1) is 0 Å². The molecule has 9 heteroatoms. The van der Waals surface area contributed by atoms with Gasteiger partial charge in [0.2, 0.25) is 0 Å². The molecule has 0 N–H and O–H groups in total. The van der Waals surface area contributed by atoms with E-state index in [1.807, 2.05) is 97.9 Å². The van der Waals surface area contributed by atoms with Crippen LogP contribution in [0.4, 0.5) is 5.69 Å². The lowest BCUT2D eigenvalue weighted by Gasteiger charge is -2.25. The molecule has 1 atom stereocenters. The number of hydrogen-bond donors (Lipinski definition) is 0. The van der Waals surface area contributed by atoms with Crippen LogP contribution in [0.2, 0.25) is 5.02 Å². The molecule has 0 saturated carbocycles. The SMILES string of the molecule is CCOC(=O)C1=C(C)N=c2s/c(=C\c3ccc(OCc4cccc(Cl)c4)cc3)c(=O)n2[C@H]1c1ccc(N(C)C)cc1. The van der Waals surface area contributed by atoms with Crippen LogP contribution in [-0.4, -0.2) is 31.2 Å². The molecule has 1 aliphatic rings. The Hall–Kier alpha value is -4.14. The van der Waals surface area contributed by atoms with Gasteiger partial charge in [0.15, 0.2) is 4.80 Å². The summed E-state index contributed by atoms with van der Waals surface area (Å²) in [5.41, 5.74) is 4.33. The zero-order valence-electron chi connectivity index (χ0n) is 23.3. The summed E-state index contributed by atoms with van der Waals surface area (Å²) in [5, 5.41) is 0.667. The maximum absolute atomic E-state index is 13.8. The van der Waals surface area contributed by atoms with Gasteiger partial charge in [0, 0.05) is 24.8 Å². The standard InChI is InChI=1S/C32H30ClN3O4S/c1-5-39-31(38)28-20(2)34-32-36(29(28)23-11-13-25(14-12-23)35(3)4)30(37)27(41-32)18-21-9-15-26(16-10-21)40-19-22-7-6-8-24(33)17-22/h6-18,29H,5,19H2,1-4H3/b27-18-/t29-/m0/s1. The lowest BCUT2D eigenvalue weighted by atomic mass is 9.95. The number of esters is 1. The molecule has 4 aromatic rings. The van der Waals surface area contributed by atoms with Crippen molar-refractivity contribution in [3.63, 3.8) is 0 Å². The van der Waals surface area contributed by atoms with Crippen molar-refractivity contribution < 1.29 is 14.3 Å². The van der Waals surface area contributed by atoms with Gasteiger partial charge >= 0.3 is 5.97 Å². The van der Waals surface area contributed by atoms with E-state index in [-0.39, 0.29) is 12.2 Å². The van der Waals surface area contributed by atoms with Crippen LogP contribution in [0.15, 0.2) is 93.9 Å². The van der Waals surface area contributed by atoms with Crippen molar-refractivity contribution in [2.45, 2.75) is 26.5 Å². The summed E-state index contributed by atoms with van der Waals surface area (Å²) in [7, 11) is 3.92. The highest BCUT2D eigenvalue weighted by molar-refractivity contribution is 7.07. The van der Waals surface area contributed by atoms with E-state index in [1.165, 1.54) is 11.3 Å². The molecular formula is C32H30ClN3O4S. The van der Waals surface area contributed by atoms with Gasteiger partial charge in [-0.05, 0) is 73.0 Å². The fourth-order valence-electron chi connectivity index (χ4n) is 4.67. The molecule has 1 aliphatic heterocycles. The molecule has 0 unspecified atom stereocenters. The molecular weight excluding hydrogens is 558 g/mol. The third kappa shape index (κ3) is 6.14. The smallest absolute Gasteiger partial charge is 0.338 e. The molecule has 210 valence electrons. The zero-order chi connectivity index (χ0) is 29.1. The van der Waals surface area contributed by atoms with E-state index >= 15 is 0 Å². The monoisotopic (exact) mass is 587 g/mol. The first-order valence-corrected chi connectivity index (χ1v) is 14.4. The third-order valence-corrected chi connectivity index (χ3v) is 7.93. The van der Waals surface area contributed by atoms with Crippen LogP contribution in [0.1, 0.15) is 36.6 Å². The van der Waals surface area contributed by atoms with Crippen molar-refractivity contribution in [1.29, 1.82) is 0 Å². The molecule has 0 amide bonds. The Bertz CT molecular complexity index is 1790. The number of thiazole rings is 1. The highest BCUT2D eigenvalue weighted by Gasteiger charge is 2.33. The van der Waals surface area contributed by atoms with Crippen LogP contribution in [0.5, 0.6) is 5.75 Å². The van der Waals surface area contributed by atoms with Gasteiger partial charge in [-0.3, -0.25) is 9.36 Å². The zero-order valence-corrected chi connectivity index (χ0v) is 24.8. The van der Waals surface area contributed by atoms with Crippen molar-refractivity contribution in [3.05, 3.63) is 125 Å². The van der Waals surface area contributed by atoms with Crippen molar-refractivity contribution in [2.75, 3.05) is 25.6 Å². The summed E-state index contributed by atoms with van der Waals surface area (Å²) in [5.74, 6) is 0.234. The minimum atomic E-state index is -0.647. The van der Waals surface area contributed by atoms with Gasteiger partial charge in [0.05, 0.1) is 28.5 Å². The number of fused-ring (bicyclic) bond motifs is 1. The van der Waals surface area contributed by atoms with Gasteiger partial charge in [-0.25, -0.2) is 9.79 Å². The number of halogens is 1. The number of aromatic nitrogens is 1. The number of anilines is 1. The van der Waals surface area contributed by atoms with Gasteiger partial charge in [-0.2, -0.15) is 0 Å².